The molecule has 0 aliphatic rings. The Labute approximate surface area is 126 Å². The molecule has 3 aromatic rings. The van der Waals surface area contributed by atoms with E-state index >= 15 is 0 Å². The van der Waals surface area contributed by atoms with Crippen molar-refractivity contribution < 1.29 is 9.21 Å². The molecule has 0 aliphatic carbocycles. The highest BCUT2D eigenvalue weighted by Gasteiger charge is 2.07. The first-order valence-corrected chi connectivity index (χ1v) is 6.92. The van der Waals surface area contributed by atoms with E-state index < -0.39 is 0 Å². The molecule has 6 nitrogen and oxygen atoms in total. The normalized spacial score (nSPS) is 10.8. The Bertz CT molecular complexity index is 865. The second-order valence-electron chi connectivity index (χ2n) is 4.97. The first-order valence-electron chi connectivity index (χ1n) is 6.92. The van der Waals surface area contributed by atoms with E-state index in [9.17, 15) is 9.59 Å². The number of amides is 1. The summed E-state index contributed by atoms with van der Waals surface area (Å²) in [5.74, 6) is -0.507. The largest absolute Gasteiger partial charge is 0.419 e. The van der Waals surface area contributed by atoms with Crippen molar-refractivity contribution in [1.82, 2.24) is 14.9 Å². The van der Waals surface area contributed by atoms with E-state index in [1.165, 1.54) is 4.57 Å². The van der Waals surface area contributed by atoms with E-state index in [0.29, 0.717) is 24.1 Å². The molecule has 3 rings (SSSR count). The van der Waals surface area contributed by atoms with Gasteiger partial charge in [0, 0.05) is 31.5 Å². The Kier molecular flexibility index (Phi) is 3.74. The minimum absolute atomic E-state index is 0.130. The van der Waals surface area contributed by atoms with Gasteiger partial charge in [0.25, 0.3) is 5.91 Å². The first kappa shape index (κ1) is 14.1. The molecule has 0 bridgehead atoms. The van der Waals surface area contributed by atoms with E-state index in [4.69, 9.17) is 4.42 Å². The summed E-state index contributed by atoms with van der Waals surface area (Å²) in [5.41, 5.74) is 2.90. The highest BCUT2D eigenvalue weighted by molar-refractivity contribution is 5.93. The van der Waals surface area contributed by atoms with E-state index in [1.54, 1.807) is 31.6 Å². The second kappa shape index (κ2) is 5.85. The van der Waals surface area contributed by atoms with Crippen LogP contribution >= 0.6 is 0 Å². The van der Waals surface area contributed by atoms with Crippen molar-refractivity contribution in [3.63, 3.8) is 0 Å². The van der Waals surface area contributed by atoms with Gasteiger partial charge in [-0.2, -0.15) is 0 Å². The fourth-order valence-electron chi connectivity index (χ4n) is 2.26. The van der Waals surface area contributed by atoms with Crippen molar-refractivity contribution in [3.05, 3.63) is 64.4 Å². The van der Waals surface area contributed by atoms with Gasteiger partial charge in [-0.25, -0.2) is 4.79 Å². The molecule has 6 heteroatoms. The van der Waals surface area contributed by atoms with Gasteiger partial charge >= 0.3 is 5.76 Å². The number of carbonyl (C=O) groups is 1. The van der Waals surface area contributed by atoms with Crippen molar-refractivity contribution >= 4 is 17.0 Å². The lowest BCUT2D eigenvalue weighted by Gasteiger charge is -2.05. The zero-order valence-electron chi connectivity index (χ0n) is 12.1. The third kappa shape index (κ3) is 2.76. The summed E-state index contributed by atoms with van der Waals surface area (Å²) in [5, 5.41) is 2.85. The maximum atomic E-state index is 11.9. The quantitative estimate of drug-likeness (QED) is 0.791. The molecule has 0 spiro atoms. The third-order valence-electron chi connectivity index (χ3n) is 3.50. The van der Waals surface area contributed by atoms with Crippen LogP contribution in [0.1, 0.15) is 15.9 Å². The van der Waals surface area contributed by atoms with Crippen LogP contribution in [0.15, 0.2) is 51.9 Å². The van der Waals surface area contributed by atoms with Crippen LogP contribution in [0, 0.1) is 0 Å². The van der Waals surface area contributed by atoms with Crippen LogP contribution in [0.4, 0.5) is 0 Å². The van der Waals surface area contributed by atoms with Gasteiger partial charge in [0.05, 0.1) is 5.52 Å². The van der Waals surface area contributed by atoms with Gasteiger partial charge in [-0.1, -0.05) is 6.07 Å². The van der Waals surface area contributed by atoms with Gasteiger partial charge in [0.2, 0.25) is 0 Å². The van der Waals surface area contributed by atoms with E-state index in [2.05, 4.69) is 10.3 Å². The molecule has 0 saturated carbocycles. The maximum Gasteiger partial charge on any atom is 0.419 e. The Morgan fingerprint density at radius 3 is 2.82 bits per heavy atom. The van der Waals surface area contributed by atoms with Gasteiger partial charge in [-0.05, 0) is 36.2 Å². The summed E-state index contributed by atoms with van der Waals surface area (Å²) in [6.45, 7) is 0.504. The number of nitrogens with one attached hydrogen (secondary N) is 1. The maximum absolute atomic E-state index is 11.9. The van der Waals surface area contributed by atoms with Gasteiger partial charge in [-0.3, -0.25) is 14.3 Å². The van der Waals surface area contributed by atoms with Crippen molar-refractivity contribution in [2.75, 3.05) is 6.54 Å². The lowest BCUT2D eigenvalue weighted by atomic mass is 10.1. The average Bonchev–Trinajstić information content (AvgIpc) is 2.82. The molecular formula is C16H15N3O3. The van der Waals surface area contributed by atoms with Crippen LogP contribution in [0.25, 0.3) is 11.1 Å². The topological polar surface area (TPSA) is 77.1 Å². The standard InChI is InChI=1S/C16H15N3O3/c1-19-13-3-2-11(10-14(13)22-16(19)21)4-9-18-15(20)12-5-7-17-8-6-12/h2-3,5-8,10H,4,9H2,1H3,(H,18,20). The number of hydrogen-bond donors (Lipinski definition) is 1. The summed E-state index contributed by atoms with van der Waals surface area (Å²) >= 11 is 0. The number of rotatable bonds is 4. The molecule has 0 saturated heterocycles. The summed E-state index contributed by atoms with van der Waals surface area (Å²) in [6, 6.07) is 8.94. The Hall–Kier alpha value is -2.89. The van der Waals surface area contributed by atoms with Gasteiger partial charge in [-0.15, -0.1) is 0 Å². The minimum Gasteiger partial charge on any atom is -0.408 e. The summed E-state index contributed by atoms with van der Waals surface area (Å²) in [6.07, 6.45) is 3.83. The fourth-order valence-corrected chi connectivity index (χ4v) is 2.26. The molecule has 0 radical (unpaired) electrons. The van der Waals surface area contributed by atoms with Crippen molar-refractivity contribution in [3.8, 4) is 0 Å². The number of carbonyl (C=O) groups excluding carboxylic acids is 1. The zero-order valence-corrected chi connectivity index (χ0v) is 12.1. The molecule has 2 aromatic heterocycles. The fraction of sp³-hybridized carbons (Fsp3) is 0.188. The summed E-state index contributed by atoms with van der Waals surface area (Å²) in [7, 11) is 1.67. The molecule has 1 N–H and O–H groups in total. The lowest BCUT2D eigenvalue weighted by Crippen LogP contribution is -2.25. The van der Waals surface area contributed by atoms with Gasteiger partial charge < -0.3 is 9.73 Å². The summed E-state index contributed by atoms with van der Waals surface area (Å²) < 4.78 is 6.61. The summed E-state index contributed by atoms with van der Waals surface area (Å²) in [4.78, 5) is 27.2. The van der Waals surface area contributed by atoms with Crippen molar-refractivity contribution in [2.45, 2.75) is 6.42 Å². The van der Waals surface area contributed by atoms with E-state index in [1.807, 2.05) is 18.2 Å². The Morgan fingerprint density at radius 2 is 2.05 bits per heavy atom. The highest BCUT2D eigenvalue weighted by atomic mass is 16.4. The van der Waals surface area contributed by atoms with Crippen LogP contribution in [0.5, 0.6) is 0 Å². The second-order valence-corrected chi connectivity index (χ2v) is 4.97. The number of nitrogens with zero attached hydrogens (tertiary/aromatic N) is 2. The monoisotopic (exact) mass is 297 g/mol. The van der Waals surface area contributed by atoms with Gasteiger partial charge in [0.1, 0.15) is 0 Å². The highest BCUT2D eigenvalue weighted by Crippen LogP contribution is 2.14. The Morgan fingerprint density at radius 1 is 1.27 bits per heavy atom. The molecule has 1 aromatic carbocycles. The molecule has 2 heterocycles. The molecule has 0 fully saturated rings. The number of oxazole rings is 1. The number of pyridine rings is 1. The van der Waals surface area contributed by atoms with Gasteiger partial charge in [0.15, 0.2) is 5.58 Å². The molecule has 22 heavy (non-hydrogen) atoms. The number of aryl methyl sites for hydroxylation is 1. The third-order valence-corrected chi connectivity index (χ3v) is 3.50. The number of benzene rings is 1. The smallest absolute Gasteiger partial charge is 0.408 e. The zero-order chi connectivity index (χ0) is 15.5. The van der Waals surface area contributed by atoms with E-state index in [-0.39, 0.29) is 11.7 Å². The lowest BCUT2D eigenvalue weighted by molar-refractivity contribution is 0.0954. The molecule has 112 valence electrons. The minimum atomic E-state index is -0.377. The SMILES string of the molecule is Cn1c(=O)oc2cc(CCNC(=O)c3ccncc3)ccc21. The molecule has 1 amide bonds. The van der Waals surface area contributed by atoms with Crippen LogP contribution in [0.3, 0.4) is 0 Å². The van der Waals surface area contributed by atoms with Crippen LogP contribution in [-0.2, 0) is 13.5 Å². The molecule has 0 unspecified atom stereocenters. The number of aromatic nitrogens is 2. The predicted molar refractivity (Wildman–Crippen MR) is 81.7 cm³/mol. The van der Waals surface area contributed by atoms with Crippen molar-refractivity contribution in [1.29, 1.82) is 0 Å². The molecular weight excluding hydrogens is 282 g/mol. The number of fused-ring (bicyclic) bond motifs is 1. The van der Waals surface area contributed by atoms with E-state index in [0.717, 1.165) is 11.1 Å². The van der Waals surface area contributed by atoms with Crippen molar-refractivity contribution in [2.24, 2.45) is 7.05 Å². The predicted octanol–water partition coefficient (Wildman–Crippen LogP) is 1.50. The molecule has 0 aliphatic heterocycles. The molecule has 0 atom stereocenters. The van der Waals surface area contributed by atoms with Crippen LogP contribution in [0.2, 0.25) is 0 Å². The van der Waals surface area contributed by atoms with Crippen LogP contribution in [-0.4, -0.2) is 22.0 Å². The number of hydrogen-bond acceptors (Lipinski definition) is 4. The average molecular weight is 297 g/mol. The Balaban J connectivity index is 1.64. The van der Waals surface area contributed by atoms with Crippen LogP contribution < -0.4 is 11.1 Å². The first-order chi connectivity index (χ1) is 10.6.